The molecule has 2 fully saturated rings. The summed E-state index contributed by atoms with van der Waals surface area (Å²) in [4.78, 5) is 0. The van der Waals surface area contributed by atoms with Crippen molar-refractivity contribution in [3.63, 3.8) is 0 Å². The van der Waals surface area contributed by atoms with Gasteiger partial charge in [0.1, 0.15) is 0 Å². The Morgan fingerprint density at radius 2 is 2.11 bits per heavy atom. The second-order valence-corrected chi connectivity index (χ2v) is 2.78. The van der Waals surface area contributed by atoms with Crippen molar-refractivity contribution in [3.05, 3.63) is 0 Å². The van der Waals surface area contributed by atoms with E-state index in [0.29, 0.717) is 6.10 Å². The van der Waals surface area contributed by atoms with Gasteiger partial charge in [0, 0.05) is 0 Å². The molecule has 2 nitrogen and oxygen atoms in total. The van der Waals surface area contributed by atoms with E-state index >= 15 is 0 Å². The fourth-order valence-corrected chi connectivity index (χ4v) is 1.53. The molecule has 2 aliphatic rings. The molecule has 0 N–H and O–H groups in total. The first-order valence-electron chi connectivity index (χ1n) is 3.72. The second-order valence-electron chi connectivity index (χ2n) is 2.78. The first-order valence-corrected chi connectivity index (χ1v) is 3.72. The molecule has 9 heavy (non-hydrogen) atoms. The summed E-state index contributed by atoms with van der Waals surface area (Å²) < 4.78 is 10.8. The van der Waals surface area contributed by atoms with Crippen LogP contribution in [0.15, 0.2) is 0 Å². The third-order valence-corrected chi connectivity index (χ3v) is 2.05. The van der Waals surface area contributed by atoms with E-state index < -0.39 is 0 Å². The summed E-state index contributed by atoms with van der Waals surface area (Å²) in [6.07, 6.45) is 5.43. The third kappa shape index (κ3) is 1.10. The molecule has 0 aromatic carbocycles. The zero-order valence-electron chi connectivity index (χ0n) is 5.51. The van der Waals surface area contributed by atoms with Crippen molar-refractivity contribution in [2.75, 3.05) is 6.61 Å². The molecule has 0 radical (unpaired) electrons. The van der Waals surface area contributed by atoms with Gasteiger partial charge in [-0.15, -0.1) is 0 Å². The van der Waals surface area contributed by atoms with Gasteiger partial charge in [-0.3, -0.25) is 0 Å². The molecular formula is C7H12O2. The van der Waals surface area contributed by atoms with Crippen LogP contribution < -0.4 is 0 Å². The van der Waals surface area contributed by atoms with Gasteiger partial charge in [0.25, 0.3) is 0 Å². The molecule has 2 unspecified atom stereocenters. The van der Waals surface area contributed by atoms with Crippen LogP contribution in [0.5, 0.6) is 0 Å². The van der Waals surface area contributed by atoms with Crippen molar-refractivity contribution in [3.8, 4) is 0 Å². The average Bonchev–Trinajstić information content (AvgIpc) is 1.88. The van der Waals surface area contributed by atoms with E-state index in [4.69, 9.17) is 9.47 Å². The monoisotopic (exact) mass is 128 g/mol. The minimum absolute atomic E-state index is 0.150. The number of hydrogen-bond acceptors (Lipinski definition) is 2. The van der Waals surface area contributed by atoms with Gasteiger partial charge in [-0.2, -0.15) is 0 Å². The standard InChI is InChI=1S/C7H12O2/c1-2-6-4-5-8-7(3-1)9-6/h6-7H,1-5H2. The van der Waals surface area contributed by atoms with E-state index in [1.165, 1.54) is 12.8 Å². The van der Waals surface area contributed by atoms with Crippen LogP contribution >= 0.6 is 0 Å². The molecule has 2 heteroatoms. The summed E-state index contributed by atoms with van der Waals surface area (Å²) in [5.74, 6) is 0. The molecule has 0 aromatic heterocycles. The first-order chi connectivity index (χ1) is 4.45. The van der Waals surface area contributed by atoms with Crippen LogP contribution in [0.3, 0.4) is 0 Å². The Morgan fingerprint density at radius 1 is 1.11 bits per heavy atom. The predicted octanol–water partition coefficient (Wildman–Crippen LogP) is 1.30. The highest BCUT2D eigenvalue weighted by atomic mass is 16.7. The summed E-state index contributed by atoms with van der Waals surface area (Å²) >= 11 is 0. The second kappa shape index (κ2) is 2.27. The minimum atomic E-state index is 0.150. The van der Waals surface area contributed by atoms with E-state index in [-0.39, 0.29) is 6.29 Å². The lowest BCUT2D eigenvalue weighted by atomic mass is 10.0. The molecule has 2 saturated heterocycles. The smallest absolute Gasteiger partial charge is 0.157 e. The van der Waals surface area contributed by atoms with Gasteiger partial charge in [-0.05, 0) is 25.7 Å². The number of hydrogen-bond donors (Lipinski definition) is 0. The molecule has 0 saturated carbocycles. The Kier molecular flexibility index (Phi) is 1.44. The molecule has 0 aromatic rings. The minimum Gasteiger partial charge on any atom is -0.353 e. The van der Waals surface area contributed by atoms with E-state index in [2.05, 4.69) is 0 Å². The van der Waals surface area contributed by atoms with Gasteiger partial charge in [0.15, 0.2) is 6.29 Å². The molecule has 52 valence electrons. The Hall–Kier alpha value is -0.0800. The number of rotatable bonds is 0. The van der Waals surface area contributed by atoms with Gasteiger partial charge in [-0.1, -0.05) is 0 Å². The Bertz CT molecular complexity index is 83.1. The van der Waals surface area contributed by atoms with Gasteiger partial charge in [0.05, 0.1) is 12.7 Å². The van der Waals surface area contributed by atoms with Crippen molar-refractivity contribution in [1.82, 2.24) is 0 Å². The van der Waals surface area contributed by atoms with Crippen molar-refractivity contribution >= 4 is 0 Å². The summed E-state index contributed by atoms with van der Waals surface area (Å²) in [6.45, 7) is 0.912. The fourth-order valence-electron chi connectivity index (χ4n) is 1.53. The number of fused-ring (bicyclic) bond motifs is 2. The van der Waals surface area contributed by atoms with Crippen LogP contribution in [0.25, 0.3) is 0 Å². The van der Waals surface area contributed by atoms with Gasteiger partial charge in [0.2, 0.25) is 0 Å². The molecule has 0 spiro atoms. The molecule has 0 amide bonds. The summed E-state index contributed by atoms with van der Waals surface area (Å²) in [7, 11) is 0. The van der Waals surface area contributed by atoms with E-state index in [9.17, 15) is 0 Å². The highest BCUT2D eigenvalue weighted by Gasteiger charge is 2.26. The quantitative estimate of drug-likeness (QED) is 0.489. The average molecular weight is 128 g/mol. The van der Waals surface area contributed by atoms with E-state index in [0.717, 1.165) is 19.4 Å². The lowest BCUT2D eigenvalue weighted by molar-refractivity contribution is -0.233. The fraction of sp³-hybridized carbons (Fsp3) is 1.00. The van der Waals surface area contributed by atoms with Gasteiger partial charge >= 0.3 is 0 Å². The van der Waals surface area contributed by atoms with Crippen LogP contribution in [-0.2, 0) is 9.47 Å². The summed E-state index contributed by atoms with van der Waals surface area (Å²) in [5.41, 5.74) is 0. The Balaban J connectivity index is 1.96. The molecule has 2 rings (SSSR count). The molecular weight excluding hydrogens is 116 g/mol. The number of ether oxygens (including phenoxy) is 2. The van der Waals surface area contributed by atoms with E-state index in [1.54, 1.807) is 0 Å². The van der Waals surface area contributed by atoms with Crippen LogP contribution in [0.4, 0.5) is 0 Å². The van der Waals surface area contributed by atoms with Crippen LogP contribution in [-0.4, -0.2) is 19.0 Å². The van der Waals surface area contributed by atoms with Crippen LogP contribution in [0, 0.1) is 0 Å². The summed E-state index contributed by atoms with van der Waals surface area (Å²) in [5, 5.41) is 0. The highest BCUT2D eigenvalue weighted by Crippen LogP contribution is 2.25. The first kappa shape index (κ1) is 5.69. The lowest BCUT2D eigenvalue weighted by Crippen LogP contribution is -2.35. The maximum atomic E-state index is 5.50. The Morgan fingerprint density at radius 3 is 2.89 bits per heavy atom. The molecule has 2 aliphatic heterocycles. The molecule has 2 heterocycles. The largest absolute Gasteiger partial charge is 0.353 e. The lowest BCUT2D eigenvalue weighted by Gasteiger charge is -2.34. The maximum Gasteiger partial charge on any atom is 0.157 e. The van der Waals surface area contributed by atoms with Gasteiger partial charge < -0.3 is 9.47 Å². The SMILES string of the molecule is C1CC2CCOC(C1)O2. The van der Waals surface area contributed by atoms with Crippen LogP contribution in [0.1, 0.15) is 25.7 Å². The zero-order valence-corrected chi connectivity index (χ0v) is 5.51. The van der Waals surface area contributed by atoms with Crippen molar-refractivity contribution in [2.45, 2.75) is 38.1 Å². The van der Waals surface area contributed by atoms with E-state index in [1.807, 2.05) is 0 Å². The predicted molar refractivity (Wildman–Crippen MR) is 33.1 cm³/mol. The van der Waals surface area contributed by atoms with Crippen molar-refractivity contribution in [1.29, 1.82) is 0 Å². The molecule has 2 bridgehead atoms. The third-order valence-electron chi connectivity index (χ3n) is 2.05. The molecule has 0 aliphatic carbocycles. The topological polar surface area (TPSA) is 18.5 Å². The zero-order chi connectivity index (χ0) is 6.10. The normalized spacial score (nSPS) is 42.7. The Labute approximate surface area is 55.1 Å². The highest BCUT2D eigenvalue weighted by molar-refractivity contribution is 4.69. The van der Waals surface area contributed by atoms with Gasteiger partial charge in [-0.25, -0.2) is 0 Å². The van der Waals surface area contributed by atoms with Crippen molar-refractivity contribution < 1.29 is 9.47 Å². The van der Waals surface area contributed by atoms with Crippen molar-refractivity contribution in [2.24, 2.45) is 0 Å². The molecule has 2 atom stereocenters. The van der Waals surface area contributed by atoms with Crippen LogP contribution in [0.2, 0.25) is 0 Å². The maximum absolute atomic E-state index is 5.50. The summed E-state index contributed by atoms with van der Waals surface area (Å²) in [6, 6.07) is 0.